The van der Waals surface area contributed by atoms with Crippen molar-refractivity contribution >= 4 is 33.5 Å². The molecule has 3 nitrogen and oxygen atoms in total. The van der Waals surface area contributed by atoms with Crippen molar-refractivity contribution in [2.24, 2.45) is 0 Å². The lowest BCUT2D eigenvalue weighted by Gasteiger charge is -2.09. The van der Waals surface area contributed by atoms with Crippen LogP contribution in [0.5, 0.6) is 11.5 Å². The molecular weight excluding hydrogens is 356 g/mol. The second-order valence-electron chi connectivity index (χ2n) is 4.66. The number of aryl methyl sites for hydroxylation is 2. The van der Waals surface area contributed by atoms with Crippen LogP contribution < -0.4 is 9.47 Å². The average Bonchev–Trinajstić information content (AvgIpc) is 2.36. The molecule has 0 heterocycles. The number of carbonyl (C=O) groups excluding carboxylic acids is 1. The van der Waals surface area contributed by atoms with Crippen LogP contribution in [0, 0.1) is 13.8 Å². The highest BCUT2D eigenvalue weighted by molar-refractivity contribution is 9.10. The molecule has 0 atom stereocenters. The van der Waals surface area contributed by atoms with Crippen molar-refractivity contribution in [3.63, 3.8) is 0 Å². The first-order valence-electron chi connectivity index (χ1n) is 6.31. The van der Waals surface area contributed by atoms with E-state index < -0.39 is 5.97 Å². The molecule has 2 rings (SSSR count). The fraction of sp³-hybridized carbons (Fsp3) is 0.188. The molecule has 0 aliphatic heterocycles. The van der Waals surface area contributed by atoms with Gasteiger partial charge in [0.05, 0.1) is 4.47 Å². The Morgan fingerprint density at radius 1 is 1.14 bits per heavy atom. The molecular formula is C16H14BrClO3. The van der Waals surface area contributed by atoms with E-state index in [0.717, 1.165) is 11.1 Å². The van der Waals surface area contributed by atoms with Crippen LogP contribution in [-0.2, 0) is 4.79 Å². The summed E-state index contributed by atoms with van der Waals surface area (Å²) >= 11 is 9.16. The lowest BCUT2D eigenvalue weighted by atomic mass is 10.1. The molecule has 0 aromatic heterocycles. The summed E-state index contributed by atoms with van der Waals surface area (Å²) in [6, 6.07) is 10.7. The molecule has 0 unspecified atom stereocenters. The standard InChI is InChI=1S/C16H14BrClO3/c1-10-5-11(2)7-13(6-10)21-16(19)9-20-15-4-3-12(18)8-14(15)17/h3-8H,9H2,1-2H3. The Morgan fingerprint density at radius 2 is 1.81 bits per heavy atom. The smallest absolute Gasteiger partial charge is 0.349 e. The maximum Gasteiger partial charge on any atom is 0.349 e. The van der Waals surface area contributed by atoms with E-state index in [2.05, 4.69) is 15.9 Å². The van der Waals surface area contributed by atoms with Gasteiger partial charge in [0.2, 0.25) is 0 Å². The Bertz CT molecular complexity index is 650. The summed E-state index contributed by atoms with van der Waals surface area (Å²) in [5, 5.41) is 0.590. The quantitative estimate of drug-likeness (QED) is 0.578. The fourth-order valence-corrected chi connectivity index (χ4v) is 2.68. The van der Waals surface area contributed by atoms with Crippen LogP contribution in [0.4, 0.5) is 0 Å². The fourth-order valence-electron chi connectivity index (χ4n) is 1.88. The van der Waals surface area contributed by atoms with Crippen LogP contribution in [0.2, 0.25) is 5.02 Å². The van der Waals surface area contributed by atoms with Crippen molar-refractivity contribution in [1.82, 2.24) is 0 Å². The van der Waals surface area contributed by atoms with E-state index in [1.165, 1.54) is 0 Å². The van der Waals surface area contributed by atoms with E-state index >= 15 is 0 Å². The van der Waals surface area contributed by atoms with Gasteiger partial charge in [-0.2, -0.15) is 0 Å². The maximum absolute atomic E-state index is 11.8. The predicted octanol–water partition coefficient (Wildman–Crippen LogP) is 4.70. The van der Waals surface area contributed by atoms with Crippen molar-refractivity contribution < 1.29 is 14.3 Å². The predicted molar refractivity (Wildman–Crippen MR) is 86.2 cm³/mol. The topological polar surface area (TPSA) is 35.5 Å². The van der Waals surface area contributed by atoms with Crippen molar-refractivity contribution in [2.45, 2.75) is 13.8 Å². The van der Waals surface area contributed by atoms with Gasteiger partial charge in [-0.1, -0.05) is 17.7 Å². The van der Waals surface area contributed by atoms with Crippen molar-refractivity contribution in [3.05, 3.63) is 57.0 Å². The SMILES string of the molecule is Cc1cc(C)cc(OC(=O)COc2ccc(Cl)cc2Br)c1. The monoisotopic (exact) mass is 368 g/mol. The first kappa shape index (κ1) is 15.9. The number of rotatable bonds is 4. The van der Waals surface area contributed by atoms with Gasteiger partial charge in [-0.05, 0) is 71.2 Å². The Balaban J connectivity index is 1.95. The van der Waals surface area contributed by atoms with Crippen LogP contribution in [0.1, 0.15) is 11.1 Å². The molecule has 2 aromatic carbocycles. The van der Waals surface area contributed by atoms with E-state index in [4.69, 9.17) is 21.1 Å². The van der Waals surface area contributed by atoms with Gasteiger partial charge in [0.25, 0.3) is 0 Å². The summed E-state index contributed by atoms with van der Waals surface area (Å²) in [6.07, 6.45) is 0. The molecule has 0 spiro atoms. The average molecular weight is 370 g/mol. The van der Waals surface area contributed by atoms with Gasteiger partial charge in [0, 0.05) is 5.02 Å². The largest absolute Gasteiger partial charge is 0.481 e. The van der Waals surface area contributed by atoms with Gasteiger partial charge in [0.15, 0.2) is 6.61 Å². The van der Waals surface area contributed by atoms with Crippen molar-refractivity contribution in [1.29, 1.82) is 0 Å². The summed E-state index contributed by atoms with van der Waals surface area (Å²) in [7, 11) is 0. The van der Waals surface area contributed by atoms with Gasteiger partial charge in [-0.3, -0.25) is 0 Å². The highest BCUT2D eigenvalue weighted by atomic mass is 79.9. The summed E-state index contributed by atoms with van der Waals surface area (Å²) < 4.78 is 11.4. The molecule has 0 saturated heterocycles. The van der Waals surface area contributed by atoms with E-state index in [-0.39, 0.29) is 6.61 Å². The zero-order valence-corrected chi connectivity index (χ0v) is 14.0. The first-order chi connectivity index (χ1) is 9.94. The lowest BCUT2D eigenvalue weighted by molar-refractivity contribution is -0.136. The van der Waals surface area contributed by atoms with E-state index in [9.17, 15) is 4.79 Å². The molecule has 0 bridgehead atoms. The third-order valence-corrected chi connectivity index (χ3v) is 3.52. The molecule has 2 aromatic rings. The van der Waals surface area contributed by atoms with Gasteiger partial charge < -0.3 is 9.47 Å². The zero-order chi connectivity index (χ0) is 15.4. The first-order valence-corrected chi connectivity index (χ1v) is 7.48. The minimum atomic E-state index is -0.457. The maximum atomic E-state index is 11.8. The second-order valence-corrected chi connectivity index (χ2v) is 5.95. The number of hydrogen-bond donors (Lipinski definition) is 0. The van der Waals surface area contributed by atoms with Crippen molar-refractivity contribution in [2.75, 3.05) is 6.61 Å². The van der Waals surface area contributed by atoms with E-state index in [1.807, 2.05) is 32.0 Å². The summed E-state index contributed by atoms with van der Waals surface area (Å²) in [5.41, 5.74) is 2.08. The summed E-state index contributed by atoms with van der Waals surface area (Å²) in [5.74, 6) is 0.606. The molecule has 5 heteroatoms. The second kappa shape index (κ2) is 6.96. The van der Waals surface area contributed by atoms with Crippen molar-refractivity contribution in [3.8, 4) is 11.5 Å². The number of benzene rings is 2. The van der Waals surface area contributed by atoms with E-state index in [1.54, 1.807) is 18.2 Å². The molecule has 0 aliphatic carbocycles. The summed E-state index contributed by atoms with van der Waals surface area (Å²) in [4.78, 5) is 11.8. The highest BCUT2D eigenvalue weighted by Gasteiger charge is 2.09. The number of halogens is 2. The third-order valence-electron chi connectivity index (χ3n) is 2.67. The van der Waals surface area contributed by atoms with Crippen LogP contribution in [0.15, 0.2) is 40.9 Å². The molecule has 0 radical (unpaired) electrons. The van der Waals surface area contributed by atoms with Gasteiger partial charge in [-0.25, -0.2) is 4.79 Å². The van der Waals surface area contributed by atoms with Crippen LogP contribution in [-0.4, -0.2) is 12.6 Å². The molecule has 110 valence electrons. The van der Waals surface area contributed by atoms with Gasteiger partial charge >= 0.3 is 5.97 Å². The third kappa shape index (κ3) is 4.76. The number of ether oxygens (including phenoxy) is 2. The molecule has 0 saturated carbocycles. The Labute approximate surface area is 137 Å². The minimum absolute atomic E-state index is 0.173. The molecule has 21 heavy (non-hydrogen) atoms. The summed E-state index contributed by atoms with van der Waals surface area (Å²) in [6.45, 7) is 3.73. The Kier molecular flexibility index (Phi) is 5.26. The van der Waals surface area contributed by atoms with Gasteiger partial charge in [0.1, 0.15) is 11.5 Å². The van der Waals surface area contributed by atoms with Crippen LogP contribution >= 0.6 is 27.5 Å². The number of esters is 1. The van der Waals surface area contributed by atoms with E-state index in [0.29, 0.717) is 21.0 Å². The highest BCUT2D eigenvalue weighted by Crippen LogP contribution is 2.28. The molecule has 0 aliphatic rings. The molecule has 0 amide bonds. The van der Waals surface area contributed by atoms with Crippen LogP contribution in [0.25, 0.3) is 0 Å². The normalized spacial score (nSPS) is 10.3. The van der Waals surface area contributed by atoms with Crippen LogP contribution in [0.3, 0.4) is 0 Å². The Hall–Kier alpha value is -1.52. The Morgan fingerprint density at radius 3 is 2.43 bits per heavy atom. The molecule has 0 fully saturated rings. The van der Waals surface area contributed by atoms with Gasteiger partial charge in [-0.15, -0.1) is 0 Å². The number of carbonyl (C=O) groups is 1. The lowest BCUT2D eigenvalue weighted by Crippen LogP contribution is -2.18. The minimum Gasteiger partial charge on any atom is -0.481 e. The number of hydrogen-bond acceptors (Lipinski definition) is 3. The molecule has 0 N–H and O–H groups in total. The zero-order valence-electron chi connectivity index (χ0n) is 11.7.